The molecule has 1 amide bonds. The van der Waals surface area contributed by atoms with Crippen LogP contribution in [0, 0.1) is 0 Å². The van der Waals surface area contributed by atoms with Crippen LogP contribution in [-0.4, -0.2) is 47.0 Å². The van der Waals surface area contributed by atoms with Crippen molar-refractivity contribution in [2.75, 3.05) is 0 Å². The molecule has 3 atom stereocenters. The number of carbonyl (C=O) groups excluding carboxylic acids is 1. The molecule has 0 saturated carbocycles. The van der Waals surface area contributed by atoms with Gasteiger partial charge in [0.15, 0.2) is 0 Å². The summed E-state index contributed by atoms with van der Waals surface area (Å²) >= 11 is 0. The Hall–Kier alpha value is -3.36. The van der Waals surface area contributed by atoms with Crippen LogP contribution in [0.1, 0.15) is 79.7 Å². The molecular formula is C25H26F2N6O. The van der Waals surface area contributed by atoms with E-state index in [0.717, 1.165) is 36.6 Å². The Balaban J connectivity index is 1.37. The Morgan fingerprint density at radius 3 is 2.71 bits per heavy atom. The Labute approximate surface area is 195 Å². The second kappa shape index (κ2) is 7.85. The van der Waals surface area contributed by atoms with Crippen LogP contribution >= 0.6 is 0 Å². The van der Waals surface area contributed by atoms with E-state index in [4.69, 9.17) is 0 Å². The number of aromatic nitrogens is 5. The summed E-state index contributed by atoms with van der Waals surface area (Å²) in [4.78, 5) is 23.8. The highest BCUT2D eigenvalue weighted by Gasteiger charge is 2.46. The SMILES string of the molecule is CC(C)n1ccc2cc(C(=O)N3[C@H]4CC[C@H](c5cc(C(F)F)nc6ncnn56)[C@@H]3CC4)ccc21. The summed E-state index contributed by atoms with van der Waals surface area (Å²) in [6.45, 7) is 4.27. The van der Waals surface area contributed by atoms with Crippen LogP contribution in [0.2, 0.25) is 0 Å². The van der Waals surface area contributed by atoms with Gasteiger partial charge in [-0.1, -0.05) is 0 Å². The molecule has 0 radical (unpaired) electrons. The molecule has 2 saturated heterocycles. The fraction of sp³-hybridized carbons (Fsp3) is 0.440. The zero-order chi connectivity index (χ0) is 23.6. The molecule has 3 aromatic heterocycles. The van der Waals surface area contributed by atoms with E-state index in [1.165, 1.54) is 12.4 Å². The average Bonchev–Trinajstić information content (AvgIpc) is 3.53. The van der Waals surface area contributed by atoms with Gasteiger partial charge in [-0.3, -0.25) is 4.79 Å². The lowest BCUT2D eigenvalue weighted by atomic mass is 9.86. The van der Waals surface area contributed by atoms with Gasteiger partial charge in [0.2, 0.25) is 0 Å². The fourth-order valence-corrected chi connectivity index (χ4v) is 5.94. The van der Waals surface area contributed by atoms with Gasteiger partial charge in [-0.05, 0) is 69.9 Å². The molecule has 2 aliphatic heterocycles. The number of hydrogen-bond acceptors (Lipinski definition) is 4. The highest BCUT2D eigenvalue weighted by molar-refractivity contribution is 5.98. The molecule has 176 valence electrons. The van der Waals surface area contributed by atoms with E-state index in [2.05, 4.69) is 39.7 Å². The van der Waals surface area contributed by atoms with Crippen LogP contribution in [0.3, 0.4) is 0 Å². The van der Waals surface area contributed by atoms with Crippen molar-refractivity contribution in [3.63, 3.8) is 0 Å². The smallest absolute Gasteiger partial charge is 0.280 e. The third-order valence-corrected chi connectivity index (χ3v) is 7.48. The average molecular weight is 465 g/mol. The molecular weight excluding hydrogens is 438 g/mol. The van der Waals surface area contributed by atoms with Gasteiger partial charge in [0.1, 0.15) is 12.0 Å². The Kier molecular flexibility index (Phi) is 4.89. The number of rotatable bonds is 4. The van der Waals surface area contributed by atoms with Crippen molar-refractivity contribution in [2.45, 2.75) is 70.0 Å². The summed E-state index contributed by atoms with van der Waals surface area (Å²) in [7, 11) is 0. The number of hydrogen-bond donors (Lipinski definition) is 0. The van der Waals surface area contributed by atoms with E-state index < -0.39 is 6.43 Å². The number of piperidine rings is 1. The van der Waals surface area contributed by atoms with E-state index in [-0.39, 0.29) is 35.4 Å². The molecule has 0 unspecified atom stereocenters. The van der Waals surface area contributed by atoms with Crippen molar-refractivity contribution in [3.05, 3.63) is 59.8 Å². The zero-order valence-electron chi connectivity index (χ0n) is 19.1. The molecule has 2 aliphatic rings. The van der Waals surface area contributed by atoms with Crippen molar-refractivity contribution in [2.24, 2.45) is 0 Å². The second-order valence-electron chi connectivity index (χ2n) is 9.66. The number of halogens is 2. The molecule has 34 heavy (non-hydrogen) atoms. The van der Waals surface area contributed by atoms with E-state index in [1.54, 1.807) is 4.52 Å². The molecule has 1 aromatic carbocycles. The van der Waals surface area contributed by atoms with Crippen LogP contribution in [0.15, 0.2) is 42.9 Å². The lowest BCUT2D eigenvalue weighted by Crippen LogP contribution is -2.47. The third-order valence-electron chi connectivity index (χ3n) is 7.48. The lowest BCUT2D eigenvalue weighted by Gasteiger charge is -2.40. The van der Waals surface area contributed by atoms with Gasteiger partial charge >= 0.3 is 0 Å². The first-order valence-electron chi connectivity index (χ1n) is 11.8. The molecule has 5 heterocycles. The molecule has 0 spiro atoms. The fourth-order valence-electron chi connectivity index (χ4n) is 5.94. The lowest BCUT2D eigenvalue weighted by molar-refractivity contribution is 0.0554. The second-order valence-corrected chi connectivity index (χ2v) is 9.66. The van der Waals surface area contributed by atoms with Crippen LogP contribution in [0.25, 0.3) is 16.7 Å². The Bertz CT molecular complexity index is 1390. The molecule has 2 bridgehead atoms. The van der Waals surface area contributed by atoms with Gasteiger partial charge in [0.25, 0.3) is 18.1 Å². The summed E-state index contributed by atoms with van der Waals surface area (Å²) in [5.74, 6) is 0.0819. The molecule has 7 nitrogen and oxygen atoms in total. The van der Waals surface area contributed by atoms with Gasteiger partial charge in [0, 0.05) is 46.7 Å². The van der Waals surface area contributed by atoms with Crippen molar-refractivity contribution >= 4 is 22.6 Å². The van der Waals surface area contributed by atoms with Gasteiger partial charge in [-0.15, -0.1) is 0 Å². The topological polar surface area (TPSA) is 68.3 Å². The van der Waals surface area contributed by atoms with Gasteiger partial charge in [0.05, 0.1) is 5.69 Å². The highest BCUT2D eigenvalue weighted by atomic mass is 19.3. The third kappa shape index (κ3) is 3.20. The number of benzene rings is 1. The minimum absolute atomic E-state index is 0.00868. The van der Waals surface area contributed by atoms with Crippen molar-refractivity contribution in [1.29, 1.82) is 0 Å². The number of carbonyl (C=O) groups is 1. The predicted molar refractivity (Wildman–Crippen MR) is 123 cm³/mol. The molecule has 0 N–H and O–H groups in total. The zero-order valence-corrected chi connectivity index (χ0v) is 19.1. The van der Waals surface area contributed by atoms with Gasteiger partial charge < -0.3 is 9.47 Å². The number of amides is 1. The number of nitrogens with zero attached hydrogens (tertiary/aromatic N) is 6. The maximum atomic E-state index is 13.8. The maximum absolute atomic E-state index is 13.8. The molecule has 9 heteroatoms. The number of alkyl halides is 2. The summed E-state index contributed by atoms with van der Waals surface area (Å²) in [6.07, 6.45) is 4.11. The van der Waals surface area contributed by atoms with Crippen LogP contribution < -0.4 is 0 Å². The predicted octanol–water partition coefficient (Wildman–Crippen LogP) is 5.15. The van der Waals surface area contributed by atoms with Crippen LogP contribution in [0.4, 0.5) is 8.78 Å². The maximum Gasteiger partial charge on any atom is 0.280 e. The van der Waals surface area contributed by atoms with Gasteiger partial charge in [-0.2, -0.15) is 10.1 Å². The molecule has 0 aliphatic carbocycles. The minimum Gasteiger partial charge on any atom is -0.345 e. The van der Waals surface area contributed by atoms with E-state index in [1.807, 2.05) is 29.2 Å². The minimum atomic E-state index is -2.69. The van der Waals surface area contributed by atoms with E-state index >= 15 is 0 Å². The largest absolute Gasteiger partial charge is 0.345 e. The van der Waals surface area contributed by atoms with Crippen LogP contribution in [-0.2, 0) is 0 Å². The summed E-state index contributed by atoms with van der Waals surface area (Å²) < 4.78 is 30.9. The summed E-state index contributed by atoms with van der Waals surface area (Å²) in [6, 6.07) is 9.82. The quantitative estimate of drug-likeness (QED) is 0.419. The van der Waals surface area contributed by atoms with E-state index in [9.17, 15) is 13.6 Å². The summed E-state index contributed by atoms with van der Waals surface area (Å²) in [5, 5.41) is 5.29. The highest BCUT2D eigenvalue weighted by Crippen LogP contribution is 2.45. The van der Waals surface area contributed by atoms with Crippen LogP contribution in [0.5, 0.6) is 0 Å². The van der Waals surface area contributed by atoms with Crippen molar-refractivity contribution < 1.29 is 13.6 Å². The molecule has 6 rings (SSSR count). The van der Waals surface area contributed by atoms with Crippen molar-refractivity contribution in [1.82, 2.24) is 29.0 Å². The van der Waals surface area contributed by atoms with E-state index in [0.29, 0.717) is 17.3 Å². The first kappa shape index (κ1) is 21.2. The van der Waals surface area contributed by atoms with Crippen molar-refractivity contribution in [3.8, 4) is 0 Å². The molecule has 4 aromatic rings. The Morgan fingerprint density at radius 1 is 1.09 bits per heavy atom. The Morgan fingerprint density at radius 2 is 1.91 bits per heavy atom. The monoisotopic (exact) mass is 464 g/mol. The molecule has 2 fully saturated rings. The normalized spacial score (nSPS) is 22.5. The first-order chi connectivity index (χ1) is 16.4. The first-order valence-corrected chi connectivity index (χ1v) is 11.8. The summed E-state index contributed by atoms with van der Waals surface area (Å²) in [5.41, 5.74) is 2.13. The number of fused-ring (bicyclic) bond motifs is 4. The standard InChI is InChI=1S/C25H26F2N6O/c1-14(2)31-10-9-15-11-16(3-7-20(15)31)24(34)32-17-4-6-18(21(32)8-5-17)22-12-19(23(26)27)30-25-28-13-29-33(22)25/h3,7,9-14,17-18,21,23H,4-6,8H2,1-2H3/t17-,18-,21-/m0/s1. The van der Waals surface area contributed by atoms with Gasteiger partial charge in [-0.25, -0.2) is 18.3 Å².